The van der Waals surface area contributed by atoms with Gasteiger partial charge in [-0.3, -0.25) is 4.90 Å². The minimum atomic E-state index is 0.617. The molecule has 2 nitrogen and oxygen atoms in total. The average Bonchev–Trinajstić information content (AvgIpc) is 3.11. The zero-order chi connectivity index (χ0) is 13.9. The lowest BCUT2D eigenvalue weighted by Gasteiger charge is -2.34. The normalized spacial score (nSPS) is 28.9. The fourth-order valence-electron chi connectivity index (χ4n) is 3.91. The fraction of sp³-hybridized carbons (Fsp3) is 0.647. The monoisotopic (exact) mass is 292 g/mol. The van der Waals surface area contributed by atoms with E-state index in [1.165, 1.54) is 44.3 Å². The lowest BCUT2D eigenvalue weighted by atomic mass is 10.0. The summed E-state index contributed by atoms with van der Waals surface area (Å²) in [5.41, 5.74) is 1.40. The molecule has 2 heterocycles. The second kappa shape index (κ2) is 6.46. The van der Waals surface area contributed by atoms with Gasteiger partial charge in [0.1, 0.15) is 0 Å². The summed E-state index contributed by atoms with van der Waals surface area (Å²) >= 11 is 5.97. The maximum Gasteiger partial charge on any atom is 0.0406 e. The molecule has 0 amide bonds. The first-order valence-electron chi connectivity index (χ1n) is 7.97. The van der Waals surface area contributed by atoms with Gasteiger partial charge >= 0.3 is 0 Å². The van der Waals surface area contributed by atoms with Crippen molar-refractivity contribution in [2.24, 2.45) is 0 Å². The molecule has 110 valence electrons. The quantitative estimate of drug-likeness (QED) is 0.914. The number of hydrogen-bond donors (Lipinski definition) is 1. The first-order chi connectivity index (χ1) is 9.74. The highest BCUT2D eigenvalue weighted by Crippen LogP contribution is 2.27. The van der Waals surface area contributed by atoms with Crippen LogP contribution in [0.4, 0.5) is 0 Å². The third-order valence-electron chi connectivity index (χ3n) is 4.92. The molecule has 3 rings (SSSR count). The van der Waals surface area contributed by atoms with Gasteiger partial charge in [-0.05, 0) is 69.8 Å². The van der Waals surface area contributed by atoms with E-state index >= 15 is 0 Å². The predicted molar refractivity (Wildman–Crippen MR) is 85.4 cm³/mol. The van der Waals surface area contributed by atoms with E-state index in [2.05, 4.69) is 29.3 Å². The van der Waals surface area contributed by atoms with Crippen LogP contribution < -0.4 is 5.32 Å². The van der Waals surface area contributed by atoms with Gasteiger partial charge in [0.2, 0.25) is 0 Å². The Labute approximate surface area is 127 Å². The second-order valence-corrected chi connectivity index (χ2v) is 6.77. The summed E-state index contributed by atoms with van der Waals surface area (Å²) in [4.78, 5) is 2.73. The van der Waals surface area contributed by atoms with Crippen molar-refractivity contribution in [3.63, 3.8) is 0 Å². The smallest absolute Gasteiger partial charge is 0.0406 e. The maximum atomic E-state index is 5.97. The SMILES string of the molecule is CC(Cc1ccc(Cl)cc1)N1CCCC1C1CCCN1. The van der Waals surface area contributed by atoms with Crippen LogP contribution in [-0.4, -0.2) is 36.1 Å². The minimum absolute atomic E-state index is 0.617. The second-order valence-electron chi connectivity index (χ2n) is 6.33. The molecule has 0 aromatic heterocycles. The Morgan fingerprint density at radius 3 is 2.75 bits per heavy atom. The Balaban J connectivity index is 1.63. The van der Waals surface area contributed by atoms with E-state index in [4.69, 9.17) is 11.6 Å². The van der Waals surface area contributed by atoms with Gasteiger partial charge in [0.15, 0.2) is 0 Å². The zero-order valence-electron chi connectivity index (χ0n) is 12.3. The van der Waals surface area contributed by atoms with Crippen molar-refractivity contribution in [1.82, 2.24) is 10.2 Å². The third-order valence-corrected chi connectivity index (χ3v) is 5.17. The highest BCUT2D eigenvalue weighted by molar-refractivity contribution is 6.30. The lowest BCUT2D eigenvalue weighted by Crippen LogP contribution is -2.48. The van der Waals surface area contributed by atoms with Crippen LogP contribution in [0, 0.1) is 0 Å². The molecule has 0 bridgehead atoms. The first-order valence-corrected chi connectivity index (χ1v) is 8.35. The standard InChI is InChI=1S/C17H25ClN2/c1-13(12-14-6-8-15(18)9-7-14)20-11-3-5-17(20)16-4-2-10-19-16/h6-9,13,16-17,19H,2-5,10-12H2,1H3. The van der Waals surface area contributed by atoms with E-state index in [0.29, 0.717) is 6.04 Å². The van der Waals surface area contributed by atoms with Crippen molar-refractivity contribution < 1.29 is 0 Å². The van der Waals surface area contributed by atoms with Crippen molar-refractivity contribution in [2.45, 2.75) is 57.2 Å². The summed E-state index contributed by atoms with van der Waals surface area (Å²) in [6.45, 7) is 4.85. The van der Waals surface area contributed by atoms with E-state index in [-0.39, 0.29) is 0 Å². The van der Waals surface area contributed by atoms with Crippen LogP contribution in [0.25, 0.3) is 0 Å². The van der Waals surface area contributed by atoms with Gasteiger partial charge in [-0.25, -0.2) is 0 Å². The molecule has 1 aromatic rings. The number of rotatable bonds is 4. The molecule has 2 aliphatic rings. The van der Waals surface area contributed by atoms with E-state index in [0.717, 1.165) is 23.5 Å². The van der Waals surface area contributed by atoms with Gasteiger partial charge in [-0.15, -0.1) is 0 Å². The van der Waals surface area contributed by atoms with Gasteiger partial charge in [0.05, 0.1) is 0 Å². The zero-order valence-corrected chi connectivity index (χ0v) is 13.1. The predicted octanol–water partition coefficient (Wildman–Crippen LogP) is 3.49. The fourth-order valence-corrected chi connectivity index (χ4v) is 4.04. The Morgan fingerprint density at radius 2 is 2.05 bits per heavy atom. The Hall–Kier alpha value is -0.570. The Kier molecular flexibility index (Phi) is 4.65. The molecule has 3 atom stereocenters. The van der Waals surface area contributed by atoms with Crippen LogP contribution in [0.2, 0.25) is 5.02 Å². The summed E-state index contributed by atoms with van der Waals surface area (Å²) in [5.74, 6) is 0. The molecular weight excluding hydrogens is 268 g/mol. The highest BCUT2D eigenvalue weighted by Gasteiger charge is 2.35. The largest absolute Gasteiger partial charge is 0.312 e. The van der Waals surface area contributed by atoms with Crippen LogP contribution >= 0.6 is 11.6 Å². The van der Waals surface area contributed by atoms with E-state index < -0.39 is 0 Å². The maximum absolute atomic E-state index is 5.97. The van der Waals surface area contributed by atoms with Crippen LogP contribution in [0.3, 0.4) is 0 Å². The Morgan fingerprint density at radius 1 is 1.25 bits per heavy atom. The van der Waals surface area contributed by atoms with E-state index in [1.807, 2.05) is 12.1 Å². The van der Waals surface area contributed by atoms with Gasteiger partial charge < -0.3 is 5.32 Å². The van der Waals surface area contributed by atoms with Crippen LogP contribution in [-0.2, 0) is 6.42 Å². The minimum Gasteiger partial charge on any atom is -0.312 e. The molecule has 3 unspecified atom stereocenters. The molecule has 2 aliphatic heterocycles. The van der Waals surface area contributed by atoms with Crippen LogP contribution in [0.1, 0.15) is 38.2 Å². The number of nitrogens with one attached hydrogen (secondary N) is 1. The molecule has 1 aromatic carbocycles. The third kappa shape index (κ3) is 3.19. The molecule has 0 spiro atoms. The van der Waals surface area contributed by atoms with E-state index in [9.17, 15) is 0 Å². The number of likely N-dealkylation sites (tertiary alicyclic amines) is 1. The van der Waals surface area contributed by atoms with Crippen molar-refractivity contribution in [3.05, 3.63) is 34.9 Å². The number of hydrogen-bond acceptors (Lipinski definition) is 2. The highest BCUT2D eigenvalue weighted by atomic mass is 35.5. The van der Waals surface area contributed by atoms with Crippen molar-refractivity contribution in [3.8, 4) is 0 Å². The van der Waals surface area contributed by atoms with E-state index in [1.54, 1.807) is 0 Å². The first kappa shape index (κ1) is 14.4. The summed E-state index contributed by atoms with van der Waals surface area (Å²) < 4.78 is 0. The molecule has 20 heavy (non-hydrogen) atoms. The van der Waals surface area contributed by atoms with Crippen molar-refractivity contribution in [1.29, 1.82) is 0 Å². The topological polar surface area (TPSA) is 15.3 Å². The molecule has 0 saturated carbocycles. The summed E-state index contributed by atoms with van der Waals surface area (Å²) in [5, 5.41) is 4.52. The van der Waals surface area contributed by atoms with Gasteiger partial charge in [0.25, 0.3) is 0 Å². The summed E-state index contributed by atoms with van der Waals surface area (Å²) in [6, 6.07) is 10.4. The van der Waals surface area contributed by atoms with Crippen LogP contribution in [0.5, 0.6) is 0 Å². The number of benzene rings is 1. The molecule has 1 N–H and O–H groups in total. The number of nitrogens with zero attached hydrogens (tertiary/aromatic N) is 1. The average molecular weight is 293 g/mol. The molecule has 2 fully saturated rings. The summed E-state index contributed by atoms with van der Waals surface area (Å²) in [7, 11) is 0. The van der Waals surface area contributed by atoms with Gasteiger partial charge in [-0.1, -0.05) is 23.7 Å². The van der Waals surface area contributed by atoms with Gasteiger partial charge in [0, 0.05) is 23.1 Å². The molecule has 3 heteroatoms. The van der Waals surface area contributed by atoms with Gasteiger partial charge in [-0.2, -0.15) is 0 Å². The number of halogens is 1. The molecular formula is C17H25ClN2. The lowest BCUT2D eigenvalue weighted by molar-refractivity contribution is 0.162. The van der Waals surface area contributed by atoms with Crippen LogP contribution in [0.15, 0.2) is 24.3 Å². The molecule has 2 saturated heterocycles. The molecule has 0 radical (unpaired) electrons. The van der Waals surface area contributed by atoms with Crippen molar-refractivity contribution >= 4 is 11.6 Å². The summed E-state index contributed by atoms with van der Waals surface area (Å²) in [6.07, 6.45) is 6.55. The van der Waals surface area contributed by atoms with Crippen molar-refractivity contribution in [2.75, 3.05) is 13.1 Å². The Bertz CT molecular complexity index is 425. The molecule has 0 aliphatic carbocycles.